The molecule has 7 heteroatoms. The van der Waals surface area contributed by atoms with E-state index in [1.807, 2.05) is 60.0 Å². The van der Waals surface area contributed by atoms with Gasteiger partial charge in [-0.25, -0.2) is 0 Å². The number of rotatable bonds is 7. The zero-order valence-electron chi connectivity index (χ0n) is 16.0. The Balaban J connectivity index is 1.31. The molecule has 0 aliphatic heterocycles. The van der Waals surface area contributed by atoms with Crippen LogP contribution in [0.4, 0.5) is 5.69 Å². The predicted octanol–water partition coefficient (Wildman–Crippen LogP) is 4.51. The number of thiophene rings is 1. The fourth-order valence-electron chi connectivity index (χ4n) is 2.87. The SMILES string of the molecule is O=C(Cc1ccc(NC(=O)c2cc(-c3ccccc3)on2)cc1)NCc1cccs1. The molecule has 0 spiro atoms. The highest BCUT2D eigenvalue weighted by Gasteiger charge is 2.14. The van der Waals surface area contributed by atoms with E-state index in [2.05, 4.69) is 15.8 Å². The van der Waals surface area contributed by atoms with Crippen molar-refractivity contribution in [3.05, 3.63) is 94.3 Å². The standard InChI is InChI=1S/C23H19N3O3S/c27-22(24-15-19-7-4-12-30-19)13-16-8-10-18(11-9-16)25-23(28)20-14-21(29-26-20)17-5-2-1-3-6-17/h1-12,14H,13,15H2,(H,24,27)(H,25,28). The van der Waals surface area contributed by atoms with Crippen LogP contribution in [0.25, 0.3) is 11.3 Å². The first-order chi connectivity index (χ1) is 14.7. The van der Waals surface area contributed by atoms with Crippen molar-refractivity contribution in [3.63, 3.8) is 0 Å². The van der Waals surface area contributed by atoms with Crippen LogP contribution in [0, 0.1) is 0 Å². The molecule has 0 atom stereocenters. The Morgan fingerprint density at radius 1 is 0.967 bits per heavy atom. The second kappa shape index (κ2) is 9.19. The topological polar surface area (TPSA) is 84.2 Å². The summed E-state index contributed by atoms with van der Waals surface area (Å²) >= 11 is 1.61. The molecule has 150 valence electrons. The molecule has 0 aliphatic carbocycles. The molecule has 30 heavy (non-hydrogen) atoms. The molecule has 0 radical (unpaired) electrons. The molecule has 2 aromatic heterocycles. The zero-order chi connectivity index (χ0) is 20.8. The molecule has 0 saturated heterocycles. The van der Waals surface area contributed by atoms with Crippen molar-refractivity contribution in [2.45, 2.75) is 13.0 Å². The summed E-state index contributed by atoms with van der Waals surface area (Å²) in [6.07, 6.45) is 0.281. The molecular weight excluding hydrogens is 398 g/mol. The lowest BCUT2D eigenvalue weighted by Gasteiger charge is -2.06. The van der Waals surface area contributed by atoms with Gasteiger partial charge in [-0.1, -0.05) is 53.7 Å². The third-order valence-electron chi connectivity index (χ3n) is 4.42. The van der Waals surface area contributed by atoms with Gasteiger partial charge in [-0.2, -0.15) is 0 Å². The summed E-state index contributed by atoms with van der Waals surface area (Å²) in [5, 5.41) is 11.5. The summed E-state index contributed by atoms with van der Waals surface area (Å²) in [7, 11) is 0. The monoisotopic (exact) mass is 417 g/mol. The summed E-state index contributed by atoms with van der Waals surface area (Å²) in [6.45, 7) is 0.535. The van der Waals surface area contributed by atoms with E-state index in [1.165, 1.54) is 0 Å². The number of hydrogen-bond acceptors (Lipinski definition) is 5. The van der Waals surface area contributed by atoms with Gasteiger partial charge in [0.05, 0.1) is 13.0 Å². The quantitative estimate of drug-likeness (QED) is 0.463. The van der Waals surface area contributed by atoms with E-state index in [0.717, 1.165) is 16.0 Å². The average Bonchev–Trinajstić information content (AvgIpc) is 3.47. The highest BCUT2D eigenvalue weighted by molar-refractivity contribution is 7.09. The Morgan fingerprint density at radius 2 is 1.77 bits per heavy atom. The molecule has 0 saturated carbocycles. The molecular formula is C23H19N3O3S. The minimum absolute atomic E-state index is 0.0452. The molecule has 2 heterocycles. The number of anilines is 1. The first-order valence-electron chi connectivity index (χ1n) is 9.39. The van der Waals surface area contributed by atoms with Gasteiger partial charge < -0.3 is 15.2 Å². The second-order valence-corrected chi connectivity index (χ2v) is 7.66. The molecule has 0 aliphatic rings. The summed E-state index contributed by atoms with van der Waals surface area (Å²) < 4.78 is 5.27. The highest BCUT2D eigenvalue weighted by Crippen LogP contribution is 2.20. The first-order valence-corrected chi connectivity index (χ1v) is 10.3. The van der Waals surface area contributed by atoms with Crippen LogP contribution in [0.5, 0.6) is 0 Å². The molecule has 0 bridgehead atoms. The minimum atomic E-state index is -0.359. The Kier molecular flexibility index (Phi) is 6.01. The van der Waals surface area contributed by atoms with Crippen molar-refractivity contribution in [1.82, 2.24) is 10.5 Å². The van der Waals surface area contributed by atoms with Crippen molar-refractivity contribution >= 4 is 28.8 Å². The van der Waals surface area contributed by atoms with Gasteiger partial charge in [0.1, 0.15) is 0 Å². The van der Waals surface area contributed by atoms with Crippen LogP contribution in [0.3, 0.4) is 0 Å². The predicted molar refractivity (Wildman–Crippen MR) is 116 cm³/mol. The number of carbonyl (C=O) groups excluding carboxylic acids is 2. The van der Waals surface area contributed by atoms with Gasteiger partial charge >= 0.3 is 0 Å². The Labute approximate surface area is 177 Å². The van der Waals surface area contributed by atoms with E-state index in [4.69, 9.17) is 4.52 Å². The van der Waals surface area contributed by atoms with Crippen molar-refractivity contribution < 1.29 is 14.1 Å². The van der Waals surface area contributed by atoms with Gasteiger partial charge in [0.15, 0.2) is 11.5 Å². The molecule has 4 rings (SSSR count). The fourth-order valence-corrected chi connectivity index (χ4v) is 3.51. The lowest BCUT2D eigenvalue weighted by molar-refractivity contribution is -0.120. The first kappa shape index (κ1) is 19.6. The molecule has 4 aromatic rings. The van der Waals surface area contributed by atoms with E-state index in [0.29, 0.717) is 18.0 Å². The Morgan fingerprint density at radius 3 is 2.50 bits per heavy atom. The highest BCUT2D eigenvalue weighted by atomic mass is 32.1. The second-order valence-electron chi connectivity index (χ2n) is 6.63. The van der Waals surface area contributed by atoms with Crippen molar-refractivity contribution in [3.8, 4) is 11.3 Å². The number of aromatic nitrogens is 1. The van der Waals surface area contributed by atoms with Crippen molar-refractivity contribution in [2.75, 3.05) is 5.32 Å². The van der Waals surface area contributed by atoms with E-state index in [1.54, 1.807) is 29.5 Å². The van der Waals surface area contributed by atoms with E-state index in [-0.39, 0.29) is 23.9 Å². The van der Waals surface area contributed by atoms with Gasteiger partial charge in [-0.05, 0) is 29.1 Å². The van der Waals surface area contributed by atoms with Crippen molar-refractivity contribution in [2.24, 2.45) is 0 Å². The van der Waals surface area contributed by atoms with E-state index < -0.39 is 0 Å². The minimum Gasteiger partial charge on any atom is -0.355 e. The fraction of sp³-hybridized carbons (Fsp3) is 0.0870. The lowest BCUT2D eigenvalue weighted by atomic mass is 10.1. The van der Waals surface area contributed by atoms with Crippen LogP contribution in [0.15, 0.2) is 82.7 Å². The summed E-state index contributed by atoms with van der Waals surface area (Å²) in [5.41, 5.74) is 2.54. The third kappa shape index (κ3) is 5.01. The van der Waals surface area contributed by atoms with Gasteiger partial charge in [-0.3, -0.25) is 9.59 Å². The molecule has 0 unspecified atom stereocenters. The van der Waals surface area contributed by atoms with Gasteiger partial charge in [0, 0.05) is 22.2 Å². The number of hydrogen-bond donors (Lipinski definition) is 2. The van der Waals surface area contributed by atoms with E-state index in [9.17, 15) is 9.59 Å². The molecule has 2 aromatic carbocycles. The smallest absolute Gasteiger partial charge is 0.277 e. The maximum absolute atomic E-state index is 12.4. The van der Waals surface area contributed by atoms with Gasteiger partial charge in [0.25, 0.3) is 5.91 Å². The molecule has 2 N–H and O–H groups in total. The molecule has 2 amide bonds. The molecule has 0 fully saturated rings. The maximum Gasteiger partial charge on any atom is 0.277 e. The van der Waals surface area contributed by atoms with Crippen LogP contribution < -0.4 is 10.6 Å². The largest absolute Gasteiger partial charge is 0.355 e. The summed E-state index contributed by atoms with van der Waals surface area (Å²) in [4.78, 5) is 25.6. The van der Waals surface area contributed by atoms with Gasteiger partial charge in [-0.15, -0.1) is 11.3 Å². The zero-order valence-corrected chi connectivity index (χ0v) is 16.8. The Hall–Kier alpha value is -3.71. The number of nitrogens with zero attached hydrogens (tertiary/aromatic N) is 1. The van der Waals surface area contributed by atoms with E-state index >= 15 is 0 Å². The Bertz CT molecular complexity index is 1120. The normalized spacial score (nSPS) is 10.5. The average molecular weight is 417 g/mol. The number of nitrogens with one attached hydrogen (secondary N) is 2. The maximum atomic E-state index is 12.4. The van der Waals surface area contributed by atoms with Gasteiger partial charge in [0.2, 0.25) is 5.91 Å². The molecule has 6 nitrogen and oxygen atoms in total. The summed E-state index contributed by atoms with van der Waals surface area (Å²) in [5.74, 6) is 0.128. The van der Waals surface area contributed by atoms with Crippen LogP contribution in [0.1, 0.15) is 20.9 Å². The van der Waals surface area contributed by atoms with Crippen LogP contribution >= 0.6 is 11.3 Å². The van der Waals surface area contributed by atoms with Crippen LogP contribution in [-0.2, 0) is 17.8 Å². The van der Waals surface area contributed by atoms with Crippen molar-refractivity contribution in [1.29, 1.82) is 0 Å². The lowest BCUT2D eigenvalue weighted by Crippen LogP contribution is -2.24. The number of carbonyl (C=O) groups is 2. The third-order valence-corrected chi connectivity index (χ3v) is 5.29. The van der Waals surface area contributed by atoms with Crippen LogP contribution in [-0.4, -0.2) is 17.0 Å². The van der Waals surface area contributed by atoms with Crippen LogP contribution in [0.2, 0.25) is 0 Å². The number of benzene rings is 2. The number of amides is 2. The summed E-state index contributed by atoms with van der Waals surface area (Å²) in [6, 6.07) is 22.2.